The van der Waals surface area contributed by atoms with Crippen molar-refractivity contribution in [2.75, 3.05) is 0 Å². The molecule has 1 aromatic carbocycles. The summed E-state index contributed by atoms with van der Waals surface area (Å²) in [7, 11) is 0. The summed E-state index contributed by atoms with van der Waals surface area (Å²) in [5.74, 6) is 0.251. The lowest BCUT2D eigenvalue weighted by Crippen LogP contribution is -2.59. The molecule has 0 radical (unpaired) electrons. The molecule has 1 aromatic rings. The number of hydrogen-bond donors (Lipinski definition) is 2. The van der Waals surface area contributed by atoms with Gasteiger partial charge in [-0.05, 0) is 48.1 Å². The lowest BCUT2D eigenvalue weighted by Gasteiger charge is -2.58. The molecule has 1 saturated heterocycles. The van der Waals surface area contributed by atoms with E-state index in [9.17, 15) is 15.0 Å². The van der Waals surface area contributed by atoms with Crippen LogP contribution < -0.4 is 0 Å². The van der Waals surface area contributed by atoms with Gasteiger partial charge in [0.25, 0.3) is 0 Å². The van der Waals surface area contributed by atoms with Gasteiger partial charge in [0, 0.05) is 11.1 Å². The van der Waals surface area contributed by atoms with E-state index in [0.29, 0.717) is 5.56 Å². The van der Waals surface area contributed by atoms with Crippen molar-refractivity contribution in [1.29, 1.82) is 0 Å². The smallest absolute Gasteiger partial charge is 0.317 e. The number of ether oxygens (including phenoxy) is 1. The summed E-state index contributed by atoms with van der Waals surface area (Å²) in [6, 6.07) is 1.74. The number of aromatic hydroxyl groups is 2. The number of carbonyl (C=O) groups excluding carboxylic acids is 1. The summed E-state index contributed by atoms with van der Waals surface area (Å²) < 4.78 is 5.74. The second-order valence-electron chi connectivity index (χ2n) is 8.77. The van der Waals surface area contributed by atoms with Gasteiger partial charge < -0.3 is 14.9 Å². The van der Waals surface area contributed by atoms with Gasteiger partial charge in [0.15, 0.2) is 0 Å². The van der Waals surface area contributed by atoms with E-state index in [0.717, 1.165) is 36.8 Å². The number of fused-ring (bicyclic) bond motifs is 1. The number of phenolic OH excluding ortho intramolecular Hbond substituents is 2. The summed E-state index contributed by atoms with van der Waals surface area (Å²) in [6.45, 7) is 8.35. The fourth-order valence-electron chi connectivity index (χ4n) is 5.66. The van der Waals surface area contributed by atoms with Crippen LogP contribution in [0.4, 0.5) is 0 Å². The van der Waals surface area contributed by atoms with E-state index in [1.807, 2.05) is 13.8 Å². The quantitative estimate of drug-likeness (QED) is 0.754. The molecule has 2 N–H and O–H groups in total. The van der Waals surface area contributed by atoms with Crippen molar-refractivity contribution in [2.45, 2.75) is 70.8 Å². The van der Waals surface area contributed by atoms with Crippen LogP contribution in [0.1, 0.15) is 82.1 Å². The fourth-order valence-corrected chi connectivity index (χ4v) is 5.66. The Hall–Kier alpha value is -1.71. The molecule has 2 aliphatic heterocycles. The Balaban J connectivity index is 2.02. The highest BCUT2D eigenvalue weighted by molar-refractivity contribution is 5.89. The maximum atomic E-state index is 12.9. The maximum Gasteiger partial charge on any atom is 0.317 e. The molecule has 4 aliphatic rings. The monoisotopic (exact) mass is 330 g/mol. The maximum absolute atomic E-state index is 12.9. The van der Waals surface area contributed by atoms with Crippen LogP contribution >= 0.6 is 0 Å². The van der Waals surface area contributed by atoms with Gasteiger partial charge in [0.2, 0.25) is 0 Å². The number of phenols is 2. The minimum Gasteiger partial charge on any atom is -0.508 e. The molecule has 1 saturated carbocycles. The normalized spacial score (nSPS) is 33.1. The van der Waals surface area contributed by atoms with Gasteiger partial charge in [0.05, 0.1) is 5.41 Å². The van der Waals surface area contributed by atoms with Gasteiger partial charge in [-0.2, -0.15) is 0 Å². The Morgan fingerprint density at radius 1 is 1.25 bits per heavy atom. The molecule has 0 amide bonds. The van der Waals surface area contributed by atoms with Crippen molar-refractivity contribution in [2.24, 2.45) is 11.3 Å². The molecule has 2 heterocycles. The molecule has 4 nitrogen and oxygen atoms in total. The minimum atomic E-state index is -0.712. The van der Waals surface area contributed by atoms with Gasteiger partial charge in [-0.1, -0.05) is 34.1 Å². The first kappa shape index (κ1) is 15.8. The van der Waals surface area contributed by atoms with Crippen LogP contribution in [-0.4, -0.2) is 16.2 Å². The van der Waals surface area contributed by atoms with Crippen molar-refractivity contribution < 1.29 is 19.7 Å². The molecule has 2 bridgehead atoms. The average Bonchev–Trinajstić information content (AvgIpc) is 2.46. The first-order valence-corrected chi connectivity index (χ1v) is 9.00. The van der Waals surface area contributed by atoms with Gasteiger partial charge in [-0.3, -0.25) is 4.79 Å². The van der Waals surface area contributed by atoms with Crippen molar-refractivity contribution in [3.63, 3.8) is 0 Å². The van der Waals surface area contributed by atoms with Crippen LogP contribution in [0, 0.1) is 11.3 Å². The molecule has 4 heteroatoms. The number of hydrogen-bond acceptors (Lipinski definition) is 4. The lowest BCUT2D eigenvalue weighted by atomic mass is 9.47. The Kier molecular flexibility index (Phi) is 3.08. The SMILES string of the molecule is CC(C)c1c(O)cc2c(c1O)[C@H]1CC3C(C)(C)CCC[C@]23C(=O)O1. The first-order valence-electron chi connectivity index (χ1n) is 9.00. The molecule has 130 valence electrons. The largest absolute Gasteiger partial charge is 0.508 e. The van der Waals surface area contributed by atoms with Gasteiger partial charge in [-0.15, -0.1) is 0 Å². The fraction of sp³-hybridized carbons (Fsp3) is 0.650. The number of carbonyl (C=O) groups is 1. The summed E-state index contributed by atoms with van der Waals surface area (Å²) in [5.41, 5.74) is 1.45. The van der Waals surface area contributed by atoms with E-state index in [1.165, 1.54) is 0 Å². The van der Waals surface area contributed by atoms with E-state index in [2.05, 4.69) is 13.8 Å². The summed E-state index contributed by atoms with van der Waals surface area (Å²) >= 11 is 0. The number of benzene rings is 1. The molecular formula is C20H26O4. The zero-order valence-electron chi connectivity index (χ0n) is 14.8. The highest BCUT2D eigenvalue weighted by atomic mass is 16.5. The van der Waals surface area contributed by atoms with Crippen molar-refractivity contribution in [1.82, 2.24) is 0 Å². The van der Waals surface area contributed by atoms with Crippen LogP contribution in [0.2, 0.25) is 0 Å². The van der Waals surface area contributed by atoms with Gasteiger partial charge >= 0.3 is 5.97 Å². The molecular weight excluding hydrogens is 304 g/mol. The Labute approximate surface area is 142 Å². The Morgan fingerprint density at radius 2 is 1.96 bits per heavy atom. The summed E-state index contributed by atoms with van der Waals surface area (Å²) in [6.07, 6.45) is 3.16. The van der Waals surface area contributed by atoms with E-state index in [-0.39, 0.29) is 34.7 Å². The van der Waals surface area contributed by atoms with Crippen molar-refractivity contribution in [3.8, 4) is 11.5 Å². The minimum absolute atomic E-state index is 0.00236. The molecule has 1 unspecified atom stereocenters. The highest BCUT2D eigenvalue weighted by Crippen LogP contribution is 2.65. The molecule has 0 aromatic heterocycles. The average molecular weight is 330 g/mol. The number of esters is 1. The molecule has 24 heavy (non-hydrogen) atoms. The van der Waals surface area contributed by atoms with Gasteiger partial charge in [0.1, 0.15) is 17.6 Å². The third-order valence-corrected chi connectivity index (χ3v) is 6.73. The molecule has 3 atom stereocenters. The zero-order valence-corrected chi connectivity index (χ0v) is 14.8. The number of rotatable bonds is 1. The summed E-state index contributed by atoms with van der Waals surface area (Å²) in [5, 5.41) is 21.4. The van der Waals surface area contributed by atoms with Crippen LogP contribution in [0.5, 0.6) is 11.5 Å². The third-order valence-electron chi connectivity index (χ3n) is 6.73. The zero-order chi connectivity index (χ0) is 17.4. The van der Waals surface area contributed by atoms with E-state index in [1.54, 1.807) is 6.07 Å². The van der Waals surface area contributed by atoms with Crippen LogP contribution in [0.25, 0.3) is 0 Å². The van der Waals surface area contributed by atoms with Crippen LogP contribution in [0.15, 0.2) is 6.07 Å². The third kappa shape index (κ3) is 1.72. The van der Waals surface area contributed by atoms with E-state index in [4.69, 9.17) is 4.74 Å². The van der Waals surface area contributed by atoms with Gasteiger partial charge in [-0.25, -0.2) is 0 Å². The van der Waals surface area contributed by atoms with Crippen molar-refractivity contribution in [3.05, 3.63) is 22.8 Å². The summed E-state index contributed by atoms with van der Waals surface area (Å²) in [4.78, 5) is 12.9. The van der Waals surface area contributed by atoms with Crippen LogP contribution in [0.3, 0.4) is 0 Å². The Morgan fingerprint density at radius 3 is 2.62 bits per heavy atom. The molecule has 2 fully saturated rings. The van der Waals surface area contributed by atoms with Crippen LogP contribution in [-0.2, 0) is 14.9 Å². The lowest BCUT2D eigenvalue weighted by molar-refractivity contribution is -0.185. The predicted molar refractivity (Wildman–Crippen MR) is 90.1 cm³/mol. The topological polar surface area (TPSA) is 66.8 Å². The predicted octanol–water partition coefficient (Wildman–Crippen LogP) is 4.29. The first-order chi connectivity index (χ1) is 11.2. The molecule has 5 rings (SSSR count). The standard InChI is InChI=1S/C20H26O4/c1-10(2)15-12(21)8-11-16(17(15)22)13-9-14-19(3,4)6-5-7-20(11,14)18(23)24-13/h8,10,13-14,21-22H,5-7,9H2,1-4H3/t13-,14?,20+/m1/s1. The highest BCUT2D eigenvalue weighted by Gasteiger charge is 2.64. The van der Waals surface area contributed by atoms with E-state index < -0.39 is 11.5 Å². The second kappa shape index (κ2) is 4.68. The Bertz CT molecular complexity index is 734. The van der Waals surface area contributed by atoms with Crippen molar-refractivity contribution >= 4 is 5.97 Å². The second-order valence-corrected chi connectivity index (χ2v) is 8.77. The van der Waals surface area contributed by atoms with E-state index >= 15 is 0 Å². The molecule has 1 spiro atoms. The molecule has 2 aliphatic carbocycles.